The number of hydrogen-bond acceptors (Lipinski definition) is 6. The summed E-state index contributed by atoms with van der Waals surface area (Å²) in [4.78, 5) is 14.4. The summed E-state index contributed by atoms with van der Waals surface area (Å²) in [7, 11) is 0.678. The van der Waals surface area contributed by atoms with Gasteiger partial charge in [0, 0.05) is 39.1 Å². The van der Waals surface area contributed by atoms with E-state index < -0.39 is 10.0 Å². The van der Waals surface area contributed by atoms with E-state index in [2.05, 4.69) is 41.6 Å². The van der Waals surface area contributed by atoms with Gasteiger partial charge in [-0.05, 0) is 75.6 Å². The summed E-state index contributed by atoms with van der Waals surface area (Å²) < 4.78 is 28.0. The molecule has 2 aromatic carbocycles. The third-order valence-electron chi connectivity index (χ3n) is 7.14. The van der Waals surface area contributed by atoms with Crippen LogP contribution in [0, 0.1) is 18.8 Å². The molecule has 0 bridgehead atoms. The van der Waals surface area contributed by atoms with Gasteiger partial charge in [0.1, 0.15) is 5.82 Å². The van der Waals surface area contributed by atoms with Crippen molar-refractivity contribution in [2.24, 2.45) is 11.8 Å². The highest BCUT2D eigenvalue weighted by molar-refractivity contribution is 7.89. The number of aryl methyl sites for hydroxylation is 1. The molecule has 35 heavy (non-hydrogen) atoms. The van der Waals surface area contributed by atoms with E-state index >= 15 is 0 Å². The van der Waals surface area contributed by atoms with Gasteiger partial charge in [-0.1, -0.05) is 29.8 Å². The Labute approximate surface area is 209 Å². The van der Waals surface area contributed by atoms with Gasteiger partial charge in [-0.25, -0.2) is 18.1 Å². The fourth-order valence-electron chi connectivity index (χ4n) is 4.77. The molecule has 1 fully saturated rings. The standard InChI is InChI=1S/C27H37N5O2S/c1-5-31(3)26-24-8-6-7-9-25(24)29-27(30-26)32(4)19-22-14-12-21(13-15-22)18-28-35(33,34)23-16-10-20(2)11-17-23/h6-11,16-17,21-22,28H,5,12-15,18-19H2,1-4H3. The lowest BCUT2D eigenvalue weighted by molar-refractivity contribution is 0.278. The lowest BCUT2D eigenvalue weighted by atomic mass is 9.82. The van der Waals surface area contributed by atoms with Gasteiger partial charge in [-0.3, -0.25) is 0 Å². The van der Waals surface area contributed by atoms with Gasteiger partial charge < -0.3 is 9.80 Å². The molecule has 1 N–H and O–H groups in total. The zero-order valence-electron chi connectivity index (χ0n) is 21.2. The molecule has 3 aromatic rings. The van der Waals surface area contributed by atoms with Crippen LogP contribution in [0.3, 0.4) is 0 Å². The van der Waals surface area contributed by atoms with E-state index in [0.717, 1.165) is 67.0 Å². The summed E-state index contributed by atoms with van der Waals surface area (Å²) in [6.45, 7) is 6.35. The monoisotopic (exact) mass is 495 g/mol. The van der Waals surface area contributed by atoms with Gasteiger partial charge in [-0.15, -0.1) is 0 Å². The average molecular weight is 496 g/mol. The number of nitrogens with zero attached hydrogens (tertiary/aromatic N) is 4. The van der Waals surface area contributed by atoms with Crippen LogP contribution in [0.4, 0.5) is 11.8 Å². The Morgan fingerprint density at radius 2 is 1.57 bits per heavy atom. The Morgan fingerprint density at radius 1 is 0.914 bits per heavy atom. The number of nitrogens with one attached hydrogen (secondary N) is 1. The summed E-state index contributed by atoms with van der Waals surface area (Å²) in [6.07, 6.45) is 4.21. The lowest BCUT2D eigenvalue weighted by Crippen LogP contribution is -2.34. The molecule has 1 aromatic heterocycles. The third kappa shape index (κ3) is 6.11. The first-order valence-corrected chi connectivity index (χ1v) is 14.0. The van der Waals surface area contributed by atoms with Gasteiger partial charge >= 0.3 is 0 Å². The molecule has 0 saturated heterocycles. The minimum Gasteiger partial charge on any atom is -0.359 e. The van der Waals surface area contributed by atoms with E-state index in [4.69, 9.17) is 9.97 Å². The highest BCUT2D eigenvalue weighted by Crippen LogP contribution is 2.31. The Morgan fingerprint density at radius 3 is 2.26 bits per heavy atom. The summed E-state index contributed by atoms with van der Waals surface area (Å²) >= 11 is 0. The van der Waals surface area contributed by atoms with Crippen LogP contribution in [0.15, 0.2) is 53.4 Å². The van der Waals surface area contributed by atoms with Crippen LogP contribution in [0.1, 0.15) is 38.2 Å². The predicted molar refractivity (Wildman–Crippen MR) is 144 cm³/mol. The van der Waals surface area contributed by atoms with E-state index in [1.807, 2.05) is 37.3 Å². The van der Waals surface area contributed by atoms with E-state index in [1.54, 1.807) is 12.1 Å². The highest BCUT2D eigenvalue weighted by Gasteiger charge is 2.25. The minimum absolute atomic E-state index is 0.335. The molecule has 0 atom stereocenters. The van der Waals surface area contributed by atoms with E-state index in [9.17, 15) is 8.42 Å². The van der Waals surface area contributed by atoms with Gasteiger partial charge in [0.25, 0.3) is 0 Å². The van der Waals surface area contributed by atoms with Crippen molar-refractivity contribution in [3.63, 3.8) is 0 Å². The van der Waals surface area contributed by atoms with Crippen molar-refractivity contribution < 1.29 is 8.42 Å². The maximum absolute atomic E-state index is 12.6. The maximum atomic E-state index is 12.6. The molecular formula is C27H37N5O2S. The Bertz CT molecular complexity index is 1240. The molecule has 1 aliphatic carbocycles. The van der Waals surface area contributed by atoms with Crippen LogP contribution in [-0.4, -0.2) is 52.1 Å². The second-order valence-corrected chi connectivity index (χ2v) is 11.6. The molecular weight excluding hydrogens is 458 g/mol. The van der Waals surface area contributed by atoms with Crippen molar-refractivity contribution in [1.82, 2.24) is 14.7 Å². The van der Waals surface area contributed by atoms with Crippen LogP contribution >= 0.6 is 0 Å². The number of hydrogen-bond donors (Lipinski definition) is 1. The molecule has 4 rings (SSSR count). The van der Waals surface area contributed by atoms with Crippen molar-refractivity contribution in [2.45, 2.75) is 44.4 Å². The molecule has 0 unspecified atom stereocenters. The van der Waals surface area contributed by atoms with E-state index in [1.165, 1.54) is 0 Å². The first-order valence-electron chi connectivity index (χ1n) is 12.5. The smallest absolute Gasteiger partial charge is 0.240 e. The normalized spacial score (nSPS) is 18.5. The first kappa shape index (κ1) is 25.4. The number of sulfonamides is 1. The zero-order chi connectivity index (χ0) is 25.0. The molecule has 188 valence electrons. The lowest BCUT2D eigenvalue weighted by Gasteiger charge is -2.31. The molecule has 0 spiro atoms. The molecule has 0 aliphatic heterocycles. The SMILES string of the molecule is CCN(C)c1nc(N(C)CC2CCC(CNS(=O)(=O)c3ccc(C)cc3)CC2)nc2ccccc12. The number of anilines is 2. The Kier molecular flexibility index (Phi) is 7.91. The molecule has 7 nitrogen and oxygen atoms in total. The molecule has 1 saturated carbocycles. The van der Waals surface area contributed by atoms with Gasteiger partial charge in [0.05, 0.1) is 10.4 Å². The Hall–Kier alpha value is -2.71. The second-order valence-electron chi connectivity index (χ2n) is 9.81. The third-order valence-corrected chi connectivity index (χ3v) is 8.58. The van der Waals surface area contributed by atoms with E-state index in [-0.39, 0.29) is 0 Å². The molecule has 0 radical (unpaired) electrons. The van der Waals surface area contributed by atoms with Crippen molar-refractivity contribution in [3.8, 4) is 0 Å². The van der Waals surface area contributed by atoms with Crippen LogP contribution in [0.2, 0.25) is 0 Å². The van der Waals surface area contributed by atoms with Gasteiger partial charge in [-0.2, -0.15) is 4.98 Å². The molecule has 8 heteroatoms. The van der Waals surface area contributed by atoms with Crippen LogP contribution in [0.25, 0.3) is 10.9 Å². The molecule has 0 amide bonds. The fourth-order valence-corrected chi connectivity index (χ4v) is 5.89. The Balaban J connectivity index is 1.33. The quantitative estimate of drug-likeness (QED) is 0.467. The fraction of sp³-hybridized carbons (Fsp3) is 0.481. The van der Waals surface area contributed by atoms with E-state index in [0.29, 0.717) is 23.3 Å². The summed E-state index contributed by atoms with van der Waals surface area (Å²) in [6, 6.07) is 15.2. The second kappa shape index (κ2) is 10.9. The summed E-state index contributed by atoms with van der Waals surface area (Å²) in [5.41, 5.74) is 2.01. The number of benzene rings is 2. The topological polar surface area (TPSA) is 78.4 Å². The minimum atomic E-state index is -3.46. The van der Waals surface area contributed by atoms with Crippen LogP contribution in [0.5, 0.6) is 0 Å². The van der Waals surface area contributed by atoms with Gasteiger partial charge in [0.15, 0.2) is 0 Å². The zero-order valence-corrected chi connectivity index (χ0v) is 22.1. The largest absolute Gasteiger partial charge is 0.359 e. The average Bonchev–Trinajstić information content (AvgIpc) is 2.87. The maximum Gasteiger partial charge on any atom is 0.240 e. The summed E-state index contributed by atoms with van der Waals surface area (Å²) in [5, 5.41) is 1.07. The summed E-state index contributed by atoms with van der Waals surface area (Å²) in [5.74, 6) is 2.64. The van der Waals surface area contributed by atoms with Crippen molar-refractivity contribution in [2.75, 3.05) is 43.5 Å². The van der Waals surface area contributed by atoms with Crippen molar-refractivity contribution in [3.05, 3.63) is 54.1 Å². The number of fused-ring (bicyclic) bond motifs is 1. The van der Waals surface area contributed by atoms with Crippen LogP contribution in [-0.2, 0) is 10.0 Å². The number of aromatic nitrogens is 2. The number of rotatable bonds is 9. The molecule has 1 heterocycles. The first-order chi connectivity index (χ1) is 16.8. The predicted octanol–water partition coefficient (Wildman–Crippen LogP) is 4.62. The van der Waals surface area contributed by atoms with Crippen molar-refractivity contribution in [1.29, 1.82) is 0 Å². The number of para-hydroxylation sites is 1. The van der Waals surface area contributed by atoms with Crippen LogP contribution < -0.4 is 14.5 Å². The van der Waals surface area contributed by atoms with Gasteiger partial charge in [0.2, 0.25) is 16.0 Å². The highest BCUT2D eigenvalue weighted by atomic mass is 32.2. The van der Waals surface area contributed by atoms with Crippen molar-refractivity contribution >= 4 is 32.7 Å². The molecule has 1 aliphatic rings.